The first-order chi connectivity index (χ1) is 11.9. The van der Waals surface area contributed by atoms with Crippen LogP contribution in [0.25, 0.3) is 0 Å². The summed E-state index contributed by atoms with van der Waals surface area (Å²) in [4.78, 5) is 33.2. The molecule has 0 aromatic heterocycles. The average Bonchev–Trinajstić information content (AvgIpc) is 2.54. The summed E-state index contributed by atoms with van der Waals surface area (Å²) in [7, 11) is 0. The molecule has 0 radical (unpaired) electrons. The second-order valence-electron chi connectivity index (χ2n) is 6.13. The molecule has 1 spiro atoms. The second kappa shape index (κ2) is 6.08. The Morgan fingerprint density at radius 1 is 1.08 bits per heavy atom. The molecule has 3 rings (SSSR count). The van der Waals surface area contributed by atoms with Gasteiger partial charge in [-0.2, -0.15) is 4.99 Å². The van der Waals surface area contributed by atoms with Crippen molar-refractivity contribution in [2.24, 2.45) is 21.5 Å². The van der Waals surface area contributed by atoms with Gasteiger partial charge in [0.2, 0.25) is 11.9 Å². The maximum Gasteiger partial charge on any atom is 0.338 e. The monoisotopic (exact) mass is 345 g/mol. The van der Waals surface area contributed by atoms with E-state index in [1.807, 2.05) is 0 Å². The maximum atomic E-state index is 11.8. The van der Waals surface area contributed by atoms with Gasteiger partial charge in [-0.15, -0.1) is 0 Å². The number of guanidine groups is 2. The van der Waals surface area contributed by atoms with E-state index < -0.39 is 17.6 Å². The number of hydrogen-bond donors (Lipinski definition) is 4. The molecule has 132 valence electrons. The standard InChI is InChI=1S/C16H19N5O4/c17-14-19-15(18)21(16(20-14)7-2-1-3-8-16)10-6-4-5-9(12(22)23)11(10)13(24)25/h4-6H,1-3,7-8H2,(H,22,23)(H,24,25)(H4,17,18,19,20). The lowest BCUT2D eigenvalue weighted by Crippen LogP contribution is -2.58. The summed E-state index contributed by atoms with van der Waals surface area (Å²) in [5.41, 5.74) is 10.5. The summed E-state index contributed by atoms with van der Waals surface area (Å²) in [6.45, 7) is 0. The van der Waals surface area contributed by atoms with Gasteiger partial charge in [0.25, 0.3) is 0 Å². The molecule has 1 aromatic carbocycles. The van der Waals surface area contributed by atoms with Crippen LogP contribution in [0.4, 0.5) is 5.69 Å². The van der Waals surface area contributed by atoms with Gasteiger partial charge in [0.05, 0.1) is 16.8 Å². The molecule has 0 saturated heterocycles. The van der Waals surface area contributed by atoms with Gasteiger partial charge in [0.1, 0.15) is 5.66 Å². The van der Waals surface area contributed by atoms with Crippen LogP contribution in [-0.2, 0) is 0 Å². The van der Waals surface area contributed by atoms with E-state index in [1.54, 1.807) is 0 Å². The summed E-state index contributed by atoms with van der Waals surface area (Å²) < 4.78 is 0. The van der Waals surface area contributed by atoms with Gasteiger partial charge < -0.3 is 21.7 Å². The molecule has 1 fully saturated rings. The Labute approximate surface area is 143 Å². The number of carbonyl (C=O) groups is 2. The Balaban J connectivity index is 2.23. The summed E-state index contributed by atoms with van der Waals surface area (Å²) in [5.74, 6) is -2.62. The fourth-order valence-electron chi connectivity index (χ4n) is 3.60. The molecule has 9 heteroatoms. The SMILES string of the molecule is NC1=NC2(CCCCC2)N(c2cccc(C(=O)O)c2C(=O)O)C(N)=N1. The molecule has 1 heterocycles. The van der Waals surface area contributed by atoms with Crippen molar-refractivity contribution in [3.05, 3.63) is 29.3 Å². The van der Waals surface area contributed by atoms with Crippen molar-refractivity contribution in [1.82, 2.24) is 0 Å². The van der Waals surface area contributed by atoms with Crippen LogP contribution in [0.3, 0.4) is 0 Å². The van der Waals surface area contributed by atoms with Gasteiger partial charge in [-0.25, -0.2) is 14.6 Å². The predicted octanol–water partition coefficient (Wildman–Crippen LogP) is 1.19. The molecule has 0 unspecified atom stereocenters. The summed E-state index contributed by atoms with van der Waals surface area (Å²) in [6.07, 6.45) is 4.03. The first kappa shape index (κ1) is 16.7. The molecular formula is C16H19N5O4. The maximum absolute atomic E-state index is 11.8. The molecular weight excluding hydrogens is 326 g/mol. The van der Waals surface area contributed by atoms with Crippen LogP contribution >= 0.6 is 0 Å². The molecule has 1 aliphatic carbocycles. The zero-order chi connectivity index (χ0) is 18.2. The van der Waals surface area contributed by atoms with E-state index in [0.717, 1.165) is 19.3 Å². The molecule has 1 saturated carbocycles. The summed E-state index contributed by atoms with van der Waals surface area (Å²) >= 11 is 0. The number of hydrogen-bond acceptors (Lipinski definition) is 7. The van der Waals surface area contributed by atoms with Crippen molar-refractivity contribution in [3.63, 3.8) is 0 Å². The Morgan fingerprint density at radius 3 is 2.36 bits per heavy atom. The number of rotatable bonds is 3. The molecule has 0 amide bonds. The van der Waals surface area contributed by atoms with E-state index in [4.69, 9.17) is 11.5 Å². The van der Waals surface area contributed by atoms with Gasteiger partial charge in [-0.05, 0) is 37.8 Å². The van der Waals surface area contributed by atoms with E-state index in [-0.39, 0.29) is 28.7 Å². The fraction of sp³-hybridized carbons (Fsp3) is 0.375. The van der Waals surface area contributed by atoms with Gasteiger partial charge in [0, 0.05) is 0 Å². The second-order valence-corrected chi connectivity index (χ2v) is 6.13. The highest BCUT2D eigenvalue weighted by Crippen LogP contribution is 2.41. The lowest BCUT2D eigenvalue weighted by atomic mass is 9.86. The summed E-state index contributed by atoms with van der Waals surface area (Å²) in [5, 5.41) is 19.0. The van der Waals surface area contributed by atoms with Crippen LogP contribution in [0, 0.1) is 0 Å². The Hall–Kier alpha value is -3.10. The number of aliphatic imine (C=N–C) groups is 2. The minimum Gasteiger partial charge on any atom is -0.478 e. The Kier molecular flexibility index (Phi) is 4.07. The highest BCUT2D eigenvalue weighted by atomic mass is 16.4. The molecule has 9 nitrogen and oxygen atoms in total. The van der Waals surface area contributed by atoms with Crippen LogP contribution in [0.15, 0.2) is 28.2 Å². The Bertz CT molecular complexity index is 796. The normalized spacial score (nSPS) is 19.3. The minimum absolute atomic E-state index is 0.0134. The zero-order valence-electron chi connectivity index (χ0n) is 13.5. The largest absolute Gasteiger partial charge is 0.478 e. The van der Waals surface area contributed by atoms with E-state index >= 15 is 0 Å². The first-order valence-corrected chi connectivity index (χ1v) is 7.95. The van der Waals surface area contributed by atoms with Crippen molar-refractivity contribution < 1.29 is 19.8 Å². The molecule has 2 aliphatic rings. The average molecular weight is 345 g/mol. The number of aromatic carboxylic acids is 2. The lowest BCUT2D eigenvalue weighted by molar-refractivity contribution is 0.0652. The van der Waals surface area contributed by atoms with E-state index in [1.165, 1.54) is 23.1 Å². The quantitative estimate of drug-likeness (QED) is 0.641. The van der Waals surface area contributed by atoms with Crippen LogP contribution in [0.1, 0.15) is 52.8 Å². The smallest absolute Gasteiger partial charge is 0.338 e. The predicted molar refractivity (Wildman–Crippen MR) is 91.9 cm³/mol. The van der Waals surface area contributed by atoms with Crippen molar-refractivity contribution in [1.29, 1.82) is 0 Å². The third-order valence-electron chi connectivity index (χ3n) is 4.58. The van der Waals surface area contributed by atoms with Crippen molar-refractivity contribution in [3.8, 4) is 0 Å². The zero-order valence-corrected chi connectivity index (χ0v) is 13.5. The molecule has 0 atom stereocenters. The molecule has 25 heavy (non-hydrogen) atoms. The third-order valence-corrected chi connectivity index (χ3v) is 4.58. The van der Waals surface area contributed by atoms with Crippen molar-refractivity contribution in [2.45, 2.75) is 37.8 Å². The topological polar surface area (TPSA) is 155 Å². The van der Waals surface area contributed by atoms with Crippen LogP contribution in [0.2, 0.25) is 0 Å². The number of anilines is 1. The van der Waals surface area contributed by atoms with E-state index in [0.29, 0.717) is 12.8 Å². The molecule has 0 bridgehead atoms. The van der Waals surface area contributed by atoms with Crippen LogP contribution < -0.4 is 16.4 Å². The van der Waals surface area contributed by atoms with Gasteiger partial charge >= 0.3 is 11.9 Å². The molecule has 1 aromatic rings. The van der Waals surface area contributed by atoms with Crippen LogP contribution in [0.5, 0.6) is 0 Å². The fourth-order valence-corrected chi connectivity index (χ4v) is 3.60. The van der Waals surface area contributed by atoms with E-state index in [2.05, 4.69) is 9.98 Å². The van der Waals surface area contributed by atoms with Crippen LogP contribution in [-0.4, -0.2) is 39.7 Å². The van der Waals surface area contributed by atoms with Gasteiger partial charge in [0.15, 0.2) is 0 Å². The highest BCUT2D eigenvalue weighted by Gasteiger charge is 2.44. The minimum atomic E-state index is -1.35. The number of carboxylic acid groups (broad SMARTS) is 2. The number of nitrogens with zero attached hydrogens (tertiary/aromatic N) is 3. The Morgan fingerprint density at radius 2 is 1.76 bits per heavy atom. The lowest BCUT2D eigenvalue weighted by Gasteiger charge is -2.46. The third kappa shape index (κ3) is 2.77. The number of benzene rings is 1. The number of nitrogens with two attached hydrogens (primary N) is 2. The molecule has 1 aliphatic heterocycles. The first-order valence-electron chi connectivity index (χ1n) is 7.95. The highest BCUT2D eigenvalue weighted by molar-refractivity contribution is 6.12. The van der Waals surface area contributed by atoms with Gasteiger partial charge in [-0.1, -0.05) is 12.5 Å². The molecule has 6 N–H and O–H groups in total. The van der Waals surface area contributed by atoms with Crippen molar-refractivity contribution in [2.75, 3.05) is 4.90 Å². The summed E-state index contributed by atoms with van der Waals surface area (Å²) in [6, 6.07) is 4.25. The number of carboxylic acids is 2. The van der Waals surface area contributed by atoms with Gasteiger partial charge in [-0.3, -0.25) is 4.90 Å². The van der Waals surface area contributed by atoms with E-state index in [9.17, 15) is 19.8 Å². The van der Waals surface area contributed by atoms with Crippen molar-refractivity contribution >= 4 is 29.5 Å².